The number of carbonyl (C=O) groups excluding carboxylic acids is 1. The third-order valence-corrected chi connectivity index (χ3v) is 17.3. The molecule has 0 aliphatic heterocycles. The molecular weight excluding hydrogens is 411 g/mol. The first-order valence-electron chi connectivity index (χ1n) is 9.84. The third kappa shape index (κ3) is 10.9. The van der Waals surface area contributed by atoms with Crippen LogP contribution >= 0.6 is 0 Å². The summed E-state index contributed by atoms with van der Waals surface area (Å²) in [6, 6.07) is 0. The number of rotatable bonds is 16. The van der Waals surface area contributed by atoms with E-state index in [2.05, 4.69) is 20.8 Å². The topological polar surface area (TPSA) is 44.8 Å². The van der Waals surface area contributed by atoms with Crippen LogP contribution in [0.25, 0.3) is 0 Å². The zero-order chi connectivity index (χ0) is 18.3. The Balaban J connectivity index is 4.64. The summed E-state index contributed by atoms with van der Waals surface area (Å²) >= 11 is -2.79. The zero-order valence-electron chi connectivity index (χ0n) is 16.7. The summed E-state index contributed by atoms with van der Waals surface area (Å²) in [5, 5.41) is 0. The molecule has 0 saturated heterocycles. The van der Waals surface area contributed by atoms with Crippen LogP contribution in [0.1, 0.15) is 78.6 Å². The fraction of sp³-hybridized carbons (Fsp3) is 0.947. The minimum atomic E-state index is -2.79. The van der Waals surface area contributed by atoms with Gasteiger partial charge in [-0.25, -0.2) is 0 Å². The van der Waals surface area contributed by atoms with Gasteiger partial charge in [0.25, 0.3) is 0 Å². The van der Waals surface area contributed by atoms with Gasteiger partial charge in [0.1, 0.15) is 0 Å². The summed E-state index contributed by atoms with van der Waals surface area (Å²) in [7, 11) is 3.27. The molecule has 24 heavy (non-hydrogen) atoms. The fourth-order valence-electron chi connectivity index (χ4n) is 3.06. The molecule has 0 aliphatic carbocycles. The van der Waals surface area contributed by atoms with Crippen molar-refractivity contribution in [1.82, 2.24) is 0 Å². The number of unbranched alkanes of at least 4 members (excludes halogenated alkanes) is 3. The van der Waals surface area contributed by atoms with Crippen molar-refractivity contribution < 1.29 is 17.3 Å². The molecule has 0 radical (unpaired) electrons. The van der Waals surface area contributed by atoms with E-state index in [4.69, 9.17) is 12.5 Å². The summed E-state index contributed by atoms with van der Waals surface area (Å²) in [5.41, 5.74) is 0. The molecule has 0 fully saturated rings. The quantitative estimate of drug-likeness (QED) is 0.224. The van der Waals surface area contributed by atoms with Crippen molar-refractivity contribution in [3.63, 3.8) is 0 Å². The van der Waals surface area contributed by atoms with Crippen LogP contribution < -0.4 is 0 Å². The normalized spacial score (nSPS) is 11.9. The molecule has 4 nitrogen and oxygen atoms in total. The molecule has 0 spiro atoms. The van der Waals surface area contributed by atoms with Gasteiger partial charge in [-0.05, 0) is 0 Å². The molecular formula is C19H40O4Sn. The van der Waals surface area contributed by atoms with E-state index in [0.29, 0.717) is 6.42 Å². The molecule has 0 bridgehead atoms. The van der Waals surface area contributed by atoms with Crippen molar-refractivity contribution in [2.75, 3.05) is 14.2 Å². The number of carbonyl (C=O) groups is 1. The maximum atomic E-state index is 12.5. The van der Waals surface area contributed by atoms with E-state index < -0.39 is 18.8 Å². The summed E-state index contributed by atoms with van der Waals surface area (Å²) in [6.07, 6.45) is 9.00. The third-order valence-electron chi connectivity index (χ3n) is 4.63. The summed E-state index contributed by atoms with van der Waals surface area (Å²) in [5.74, 6) is 0.0278. The summed E-state index contributed by atoms with van der Waals surface area (Å²) in [4.78, 5) is 12.5. The van der Waals surface area contributed by atoms with Gasteiger partial charge >= 0.3 is 154 Å². The van der Waals surface area contributed by atoms with E-state index in [9.17, 15) is 4.79 Å². The molecule has 0 unspecified atom stereocenters. The first-order valence-corrected chi connectivity index (χ1v) is 17.1. The van der Waals surface area contributed by atoms with Crippen molar-refractivity contribution >= 4 is 24.8 Å². The molecule has 0 aliphatic rings. The maximum absolute atomic E-state index is 12.5. The average Bonchev–Trinajstić information content (AvgIpc) is 2.60. The van der Waals surface area contributed by atoms with Gasteiger partial charge < -0.3 is 0 Å². The van der Waals surface area contributed by atoms with Crippen LogP contribution in [0, 0.1) is 0 Å². The number of ether oxygens (including phenoxy) is 2. The predicted molar refractivity (Wildman–Crippen MR) is 103 cm³/mol. The van der Waals surface area contributed by atoms with Crippen LogP contribution in [0.3, 0.4) is 0 Å². The van der Waals surface area contributed by atoms with Crippen LogP contribution in [0.5, 0.6) is 0 Å². The van der Waals surface area contributed by atoms with Gasteiger partial charge in [0.2, 0.25) is 0 Å². The molecule has 0 atom stereocenters. The Kier molecular flexibility index (Phi) is 15.6. The molecule has 0 N–H and O–H groups in total. The van der Waals surface area contributed by atoms with E-state index in [1.165, 1.54) is 51.8 Å². The van der Waals surface area contributed by atoms with Crippen LogP contribution in [-0.4, -0.2) is 45.3 Å². The molecule has 0 amide bonds. The SMILES string of the molecule is CCC[CH2][Sn]([CH2]CCC)([CH2]CCC)[O]C(=O)CCCC(OC)OC. The number of methoxy groups -OCH3 is 2. The average molecular weight is 451 g/mol. The van der Waals surface area contributed by atoms with E-state index in [1.807, 2.05) is 0 Å². The van der Waals surface area contributed by atoms with Crippen molar-refractivity contribution in [2.45, 2.75) is 98.2 Å². The Morgan fingerprint density at radius 3 is 1.67 bits per heavy atom. The van der Waals surface area contributed by atoms with E-state index in [-0.39, 0.29) is 12.3 Å². The van der Waals surface area contributed by atoms with Crippen molar-refractivity contribution in [3.05, 3.63) is 0 Å². The first-order chi connectivity index (χ1) is 11.6. The first kappa shape index (κ1) is 24.2. The van der Waals surface area contributed by atoms with E-state index in [1.54, 1.807) is 14.2 Å². The van der Waals surface area contributed by atoms with Gasteiger partial charge in [0.05, 0.1) is 0 Å². The second kappa shape index (κ2) is 15.4. The van der Waals surface area contributed by atoms with Crippen LogP contribution in [0.4, 0.5) is 0 Å². The Morgan fingerprint density at radius 1 is 0.833 bits per heavy atom. The van der Waals surface area contributed by atoms with Crippen LogP contribution in [0.2, 0.25) is 13.3 Å². The molecule has 0 heterocycles. The second-order valence-corrected chi connectivity index (χ2v) is 18.4. The number of hydrogen-bond acceptors (Lipinski definition) is 4. The van der Waals surface area contributed by atoms with Gasteiger partial charge in [0.15, 0.2) is 0 Å². The summed E-state index contributed by atoms with van der Waals surface area (Å²) in [6.45, 7) is 6.69. The molecule has 5 heteroatoms. The Bertz CT molecular complexity index is 284. The molecule has 0 aromatic rings. The van der Waals surface area contributed by atoms with Crippen molar-refractivity contribution in [2.24, 2.45) is 0 Å². The summed E-state index contributed by atoms with van der Waals surface area (Å²) < 4.78 is 20.3. The van der Waals surface area contributed by atoms with Gasteiger partial charge in [-0.1, -0.05) is 0 Å². The standard InChI is InChI=1S/C7H14O4.3C4H9.Sn/c1-10-7(11-2)5-3-4-6(8)9;3*1-3-4-2;/h7H,3-5H2,1-2H3,(H,8,9);3*1,3-4H2,2H3;/q;;;;+1/p-1. The van der Waals surface area contributed by atoms with Crippen LogP contribution in [-0.2, 0) is 17.3 Å². The molecule has 0 aromatic heterocycles. The van der Waals surface area contributed by atoms with Crippen molar-refractivity contribution in [3.8, 4) is 0 Å². The predicted octanol–water partition coefficient (Wildman–Crippen LogP) is 5.66. The van der Waals surface area contributed by atoms with Crippen LogP contribution in [0.15, 0.2) is 0 Å². The molecule has 144 valence electrons. The van der Waals surface area contributed by atoms with Gasteiger partial charge in [-0.3, -0.25) is 0 Å². The molecule has 0 saturated carbocycles. The second-order valence-electron chi connectivity index (χ2n) is 6.76. The van der Waals surface area contributed by atoms with Gasteiger partial charge in [-0.2, -0.15) is 0 Å². The van der Waals surface area contributed by atoms with Gasteiger partial charge in [0, 0.05) is 0 Å². The fourth-order valence-corrected chi connectivity index (χ4v) is 16.3. The minimum absolute atomic E-state index is 0.0278. The monoisotopic (exact) mass is 452 g/mol. The Morgan fingerprint density at radius 2 is 1.29 bits per heavy atom. The van der Waals surface area contributed by atoms with E-state index >= 15 is 0 Å². The zero-order valence-corrected chi connectivity index (χ0v) is 19.5. The molecule has 0 rings (SSSR count). The molecule has 0 aromatic carbocycles. The van der Waals surface area contributed by atoms with Gasteiger partial charge in [-0.15, -0.1) is 0 Å². The van der Waals surface area contributed by atoms with E-state index in [0.717, 1.165) is 12.8 Å². The Labute approximate surface area is 154 Å². The number of hydrogen-bond donors (Lipinski definition) is 0. The Hall–Kier alpha value is 0.189. The van der Waals surface area contributed by atoms with Crippen molar-refractivity contribution in [1.29, 1.82) is 0 Å².